The van der Waals surface area contributed by atoms with Crippen LogP contribution in [0.2, 0.25) is 0 Å². The SMILES string of the molecule is COc1cc(C(=O)O)c(C(=O)O)cc1OC.COc1cc2c(c([N+](=O)[O-])c1OC)C(=O)OC2=O. The van der Waals surface area contributed by atoms with Gasteiger partial charge in [0.1, 0.15) is 0 Å². The van der Waals surface area contributed by atoms with E-state index in [1.165, 1.54) is 34.5 Å². The minimum Gasteiger partial charge on any atom is -0.493 e. The van der Waals surface area contributed by atoms with Crippen LogP contribution in [0.1, 0.15) is 41.4 Å². The number of esters is 2. The number of carbonyl (C=O) groups is 4. The second-order valence-corrected chi connectivity index (χ2v) is 6.18. The Morgan fingerprint density at radius 3 is 1.65 bits per heavy atom. The van der Waals surface area contributed by atoms with Gasteiger partial charge in [-0.15, -0.1) is 0 Å². The lowest BCUT2D eigenvalue weighted by Gasteiger charge is -2.10. The Morgan fingerprint density at radius 1 is 0.824 bits per heavy atom. The van der Waals surface area contributed by atoms with Crippen molar-refractivity contribution in [2.45, 2.75) is 0 Å². The predicted molar refractivity (Wildman–Crippen MR) is 109 cm³/mol. The van der Waals surface area contributed by atoms with Crippen molar-refractivity contribution in [3.63, 3.8) is 0 Å². The summed E-state index contributed by atoms with van der Waals surface area (Å²) in [6, 6.07) is 3.41. The van der Waals surface area contributed by atoms with Crippen LogP contribution in [0.4, 0.5) is 5.69 Å². The highest BCUT2D eigenvalue weighted by Crippen LogP contribution is 2.44. The zero-order chi connectivity index (χ0) is 25.7. The Hall–Kier alpha value is -4.88. The number of rotatable bonds is 7. The van der Waals surface area contributed by atoms with Gasteiger partial charge in [-0.3, -0.25) is 10.1 Å². The van der Waals surface area contributed by atoms with E-state index in [1.54, 1.807) is 0 Å². The Morgan fingerprint density at radius 2 is 1.29 bits per heavy atom. The summed E-state index contributed by atoms with van der Waals surface area (Å²) in [4.78, 5) is 54.6. The molecule has 0 aliphatic carbocycles. The summed E-state index contributed by atoms with van der Waals surface area (Å²) in [6.07, 6.45) is 0. The molecule has 1 heterocycles. The highest BCUT2D eigenvalue weighted by Gasteiger charge is 2.41. The lowest BCUT2D eigenvalue weighted by molar-refractivity contribution is -0.386. The minimum absolute atomic E-state index is 0.0189. The van der Waals surface area contributed by atoms with Crippen molar-refractivity contribution in [3.8, 4) is 23.0 Å². The van der Waals surface area contributed by atoms with E-state index in [4.69, 9.17) is 29.2 Å². The fraction of sp³-hybridized carbons (Fsp3) is 0.200. The maximum atomic E-state index is 11.4. The van der Waals surface area contributed by atoms with Gasteiger partial charge in [-0.25, -0.2) is 19.2 Å². The molecule has 0 radical (unpaired) electrons. The number of fused-ring (bicyclic) bond motifs is 1. The van der Waals surface area contributed by atoms with Gasteiger partial charge in [0, 0.05) is 0 Å². The molecular weight excluding hydrogens is 462 g/mol. The van der Waals surface area contributed by atoms with Crippen molar-refractivity contribution in [1.29, 1.82) is 0 Å². The summed E-state index contributed by atoms with van der Waals surface area (Å²) in [5, 5.41) is 28.7. The van der Waals surface area contributed by atoms with Gasteiger partial charge in [0.2, 0.25) is 5.75 Å². The number of nitro groups is 1. The second-order valence-electron chi connectivity index (χ2n) is 6.18. The zero-order valence-corrected chi connectivity index (χ0v) is 18.1. The number of hydrogen-bond acceptors (Lipinski definition) is 11. The molecule has 3 rings (SSSR count). The molecule has 0 bridgehead atoms. The number of carboxylic acid groups (broad SMARTS) is 2. The minimum atomic E-state index is -1.33. The van der Waals surface area contributed by atoms with Crippen molar-refractivity contribution in [2.24, 2.45) is 0 Å². The molecule has 180 valence electrons. The van der Waals surface area contributed by atoms with Gasteiger partial charge in [-0.2, -0.15) is 0 Å². The molecule has 0 atom stereocenters. The highest BCUT2D eigenvalue weighted by molar-refractivity contribution is 6.17. The van der Waals surface area contributed by atoms with Gasteiger partial charge in [-0.1, -0.05) is 0 Å². The summed E-state index contributed by atoms with van der Waals surface area (Å²) >= 11 is 0. The van der Waals surface area contributed by atoms with Crippen molar-refractivity contribution >= 4 is 29.6 Å². The quantitative estimate of drug-likeness (QED) is 0.253. The first-order valence-electron chi connectivity index (χ1n) is 8.94. The molecule has 34 heavy (non-hydrogen) atoms. The molecule has 2 N–H and O–H groups in total. The largest absolute Gasteiger partial charge is 0.493 e. The van der Waals surface area contributed by atoms with Crippen LogP contribution in [0.5, 0.6) is 23.0 Å². The predicted octanol–water partition coefficient (Wildman–Crippen LogP) is 2.02. The summed E-state index contributed by atoms with van der Waals surface area (Å²) in [5.74, 6) is -4.59. The smallest absolute Gasteiger partial charge is 0.354 e. The molecule has 1 aliphatic heterocycles. The summed E-state index contributed by atoms with van der Waals surface area (Å²) in [6.45, 7) is 0. The molecule has 0 aromatic heterocycles. The van der Waals surface area contributed by atoms with Crippen LogP contribution in [-0.2, 0) is 4.74 Å². The zero-order valence-electron chi connectivity index (χ0n) is 18.1. The topological polar surface area (TPSA) is 198 Å². The van der Waals surface area contributed by atoms with Crippen LogP contribution in [0, 0.1) is 10.1 Å². The van der Waals surface area contributed by atoms with Crippen LogP contribution in [0.25, 0.3) is 0 Å². The van der Waals surface area contributed by atoms with E-state index in [9.17, 15) is 29.3 Å². The van der Waals surface area contributed by atoms with E-state index >= 15 is 0 Å². The molecule has 14 nitrogen and oxygen atoms in total. The number of hydrogen-bond donors (Lipinski definition) is 2. The van der Waals surface area contributed by atoms with Crippen molar-refractivity contribution < 1.29 is 58.0 Å². The van der Waals surface area contributed by atoms with Crippen molar-refractivity contribution in [3.05, 3.63) is 50.6 Å². The molecule has 0 amide bonds. The Bertz CT molecular complexity index is 1160. The van der Waals surface area contributed by atoms with E-state index in [0.717, 1.165) is 12.1 Å². The maximum Gasteiger partial charge on any atom is 0.354 e. The van der Waals surface area contributed by atoms with Crippen LogP contribution in [-0.4, -0.2) is 67.5 Å². The number of nitro benzene ring substituents is 1. The van der Waals surface area contributed by atoms with Gasteiger partial charge >= 0.3 is 29.6 Å². The van der Waals surface area contributed by atoms with Gasteiger partial charge in [0.15, 0.2) is 22.8 Å². The number of methoxy groups -OCH3 is 4. The highest BCUT2D eigenvalue weighted by atomic mass is 16.6. The van der Waals surface area contributed by atoms with Crippen LogP contribution < -0.4 is 18.9 Å². The number of ether oxygens (including phenoxy) is 5. The molecule has 0 fully saturated rings. The third-order valence-electron chi connectivity index (χ3n) is 4.42. The van der Waals surface area contributed by atoms with Gasteiger partial charge in [-0.05, 0) is 18.2 Å². The normalized spacial score (nSPS) is 11.4. The number of aromatic carboxylic acids is 2. The number of carbonyl (C=O) groups excluding carboxylic acids is 2. The summed E-state index contributed by atoms with van der Waals surface area (Å²) in [7, 11) is 5.13. The third-order valence-corrected chi connectivity index (χ3v) is 4.42. The fourth-order valence-corrected chi connectivity index (χ4v) is 2.94. The number of nitrogens with zero attached hydrogens (tertiary/aromatic N) is 1. The lowest BCUT2D eigenvalue weighted by Crippen LogP contribution is -2.09. The fourth-order valence-electron chi connectivity index (χ4n) is 2.94. The number of cyclic esters (lactones) is 2. The molecular formula is C20H17NO13. The first-order valence-corrected chi connectivity index (χ1v) is 8.94. The van der Waals surface area contributed by atoms with E-state index in [1.807, 2.05) is 0 Å². The molecule has 0 unspecified atom stereocenters. The molecule has 0 saturated heterocycles. The van der Waals surface area contributed by atoms with Gasteiger partial charge in [0.05, 0.1) is 50.1 Å². The van der Waals surface area contributed by atoms with Crippen LogP contribution in [0.3, 0.4) is 0 Å². The molecule has 14 heteroatoms. The molecule has 0 saturated carbocycles. The van der Waals surface area contributed by atoms with Gasteiger partial charge in [0.25, 0.3) is 0 Å². The second kappa shape index (κ2) is 10.2. The Balaban J connectivity index is 0.000000242. The first-order chi connectivity index (χ1) is 16.0. The Labute approximate surface area is 190 Å². The average molecular weight is 479 g/mol. The monoisotopic (exact) mass is 479 g/mol. The molecule has 0 spiro atoms. The molecule has 1 aliphatic rings. The summed E-state index contributed by atoms with van der Waals surface area (Å²) in [5.41, 5.74) is -1.94. The number of carboxylic acids is 2. The van der Waals surface area contributed by atoms with Crippen molar-refractivity contribution in [1.82, 2.24) is 0 Å². The van der Waals surface area contributed by atoms with E-state index in [-0.39, 0.29) is 39.7 Å². The standard InChI is InChI=1S/C10H7NO7.C10H10O6/c1-16-5-3-4-6(10(13)18-9(4)12)7(11(14)15)8(5)17-2;1-15-7-3-5(9(11)12)6(10(13)14)4-8(7)16-2/h3H,1-2H3;3-4H,1-2H3,(H,11,12)(H,13,14). The Kier molecular flexibility index (Phi) is 7.58. The van der Waals surface area contributed by atoms with E-state index in [2.05, 4.69) is 4.74 Å². The maximum absolute atomic E-state index is 11.4. The lowest BCUT2D eigenvalue weighted by atomic mass is 10.1. The third kappa shape index (κ3) is 4.64. The van der Waals surface area contributed by atoms with E-state index in [0.29, 0.717) is 0 Å². The first kappa shape index (κ1) is 25.4. The van der Waals surface area contributed by atoms with Gasteiger partial charge < -0.3 is 33.9 Å². The summed E-state index contributed by atoms with van der Waals surface area (Å²) < 4.78 is 23.8. The number of benzene rings is 2. The average Bonchev–Trinajstić information content (AvgIpc) is 3.09. The van der Waals surface area contributed by atoms with Crippen LogP contribution >= 0.6 is 0 Å². The van der Waals surface area contributed by atoms with E-state index < -0.39 is 40.1 Å². The molecule has 2 aromatic carbocycles. The van der Waals surface area contributed by atoms with Crippen LogP contribution in [0.15, 0.2) is 18.2 Å². The van der Waals surface area contributed by atoms with Crippen molar-refractivity contribution in [2.75, 3.05) is 28.4 Å². The molecule has 2 aromatic rings.